The summed E-state index contributed by atoms with van der Waals surface area (Å²) in [5.74, 6) is 0. The van der Waals surface area contributed by atoms with Gasteiger partial charge in [0.15, 0.2) is 0 Å². The highest BCUT2D eigenvalue weighted by Gasteiger charge is 2.41. The molecule has 0 radical (unpaired) electrons. The van der Waals surface area contributed by atoms with E-state index in [0.717, 1.165) is 30.4 Å². The molecule has 12 heteroatoms. The van der Waals surface area contributed by atoms with E-state index < -0.39 is 54.2 Å². The Bertz CT molecular complexity index is 1260. The first-order valence-electron chi connectivity index (χ1n) is 13.0. The van der Waals surface area contributed by atoms with Crippen molar-refractivity contribution in [2.24, 2.45) is 0 Å². The molecule has 1 aliphatic heterocycles. The fraction of sp³-hybridized carbons (Fsp3) is 0.500. The molecule has 0 saturated heterocycles. The lowest BCUT2D eigenvalue weighted by molar-refractivity contribution is -0.143. The molecule has 0 N–H and O–H groups in total. The molecule has 0 unspecified atom stereocenters. The molecule has 1 heterocycles. The lowest BCUT2D eigenvalue weighted by Crippen LogP contribution is -2.49. The number of aryl methyl sites for hydroxylation is 2. The molecular weight excluding hydrogens is 540 g/mol. The molecule has 0 saturated carbocycles. The second-order valence-electron chi connectivity index (χ2n) is 10.4. The van der Waals surface area contributed by atoms with Gasteiger partial charge in [0, 0.05) is 26.7 Å². The van der Waals surface area contributed by atoms with Crippen LogP contribution in [0.5, 0.6) is 0 Å². The van der Waals surface area contributed by atoms with Crippen LogP contribution in [0.1, 0.15) is 66.1 Å². The Kier molecular flexibility index (Phi) is 8.01. The van der Waals surface area contributed by atoms with Crippen LogP contribution in [0.4, 0.5) is 41.6 Å². The highest BCUT2D eigenvalue weighted by molar-refractivity contribution is 5.91. The Morgan fingerprint density at radius 1 is 0.950 bits per heavy atom. The number of halogens is 6. The molecule has 0 bridgehead atoms. The molecule has 2 aliphatic rings. The maximum absolute atomic E-state index is 13.6. The van der Waals surface area contributed by atoms with E-state index in [9.17, 15) is 35.9 Å². The number of benzene rings is 2. The van der Waals surface area contributed by atoms with Crippen LogP contribution in [0.2, 0.25) is 0 Å². The van der Waals surface area contributed by atoms with Crippen LogP contribution in [0.15, 0.2) is 30.3 Å². The van der Waals surface area contributed by atoms with Crippen molar-refractivity contribution in [2.45, 2.75) is 70.5 Å². The number of carbonyl (C=O) groups is 2. The van der Waals surface area contributed by atoms with Crippen molar-refractivity contribution in [2.75, 3.05) is 25.6 Å². The van der Waals surface area contributed by atoms with E-state index in [4.69, 9.17) is 4.74 Å². The predicted molar refractivity (Wildman–Crippen MR) is 136 cm³/mol. The molecule has 2 aromatic rings. The lowest BCUT2D eigenvalue weighted by atomic mass is 9.88. The largest absolute Gasteiger partial charge is 0.449 e. The van der Waals surface area contributed by atoms with Crippen LogP contribution in [-0.4, -0.2) is 48.7 Å². The third kappa shape index (κ3) is 5.85. The number of anilines is 1. The van der Waals surface area contributed by atoms with E-state index in [2.05, 4.69) is 0 Å². The van der Waals surface area contributed by atoms with Crippen molar-refractivity contribution < 1.29 is 40.7 Å². The van der Waals surface area contributed by atoms with E-state index in [1.165, 1.54) is 28.8 Å². The van der Waals surface area contributed by atoms with Crippen LogP contribution in [0.25, 0.3) is 0 Å². The number of rotatable bonds is 4. The summed E-state index contributed by atoms with van der Waals surface area (Å²) in [6, 6.07) is 3.38. The summed E-state index contributed by atoms with van der Waals surface area (Å²) in [6.07, 6.45) is -7.89. The topological polar surface area (TPSA) is 53.1 Å². The SMILES string of the molecule is CCOC(=O)N1c2cc3c(cc2[C@H](N(Cc2cc(C(F)(F)F)cc(C(F)(F)F)c2)C(=O)N(C)C)C[C@@H]1C)CCC3. The summed E-state index contributed by atoms with van der Waals surface area (Å²) in [5.41, 5.74) is 0.0263. The fourth-order valence-corrected chi connectivity index (χ4v) is 5.54. The van der Waals surface area contributed by atoms with Crippen molar-refractivity contribution in [3.63, 3.8) is 0 Å². The van der Waals surface area contributed by atoms with Crippen LogP contribution >= 0.6 is 0 Å². The zero-order valence-electron chi connectivity index (χ0n) is 22.6. The van der Waals surface area contributed by atoms with Gasteiger partial charge in [-0.2, -0.15) is 26.3 Å². The number of fused-ring (bicyclic) bond motifs is 2. The molecule has 0 fully saturated rings. The summed E-state index contributed by atoms with van der Waals surface area (Å²) in [4.78, 5) is 30.5. The molecular formula is C28H31F6N3O3. The quantitative estimate of drug-likeness (QED) is 0.365. The van der Waals surface area contributed by atoms with Crippen LogP contribution < -0.4 is 4.90 Å². The van der Waals surface area contributed by atoms with Crippen molar-refractivity contribution in [1.29, 1.82) is 0 Å². The third-order valence-corrected chi connectivity index (χ3v) is 7.33. The van der Waals surface area contributed by atoms with E-state index in [0.29, 0.717) is 23.4 Å². The second-order valence-corrected chi connectivity index (χ2v) is 10.4. The number of urea groups is 1. The third-order valence-electron chi connectivity index (χ3n) is 7.33. The number of carbonyl (C=O) groups excluding carboxylic acids is 2. The van der Waals surface area contributed by atoms with Crippen LogP contribution in [0.3, 0.4) is 0 Å². The zero-order chi connectivity index (χ0) is 29.6. The molecule has 3 amide bonds. The molecule has 6 nitrogen and oxygen atoms in total. The van der Waals surface area contributed by atoms with Crippen LogP contribution in [0, 0.1) is 0 Å². The molecule has 2 atom stereocenters. The maximum Gasteiger partial charge on any atom is 0.416 e. The Balaban J connectivity index is 1.85. The van der Waals surface area contributed by atoms with Gasteiger partial charge in [0.05, 0.1) is 29.5 Å². The molecule has 0 spiro atoms. The Labute approximate surface area is 228 Å². The highest BCUT2D eigenvalue weighted by Crippen LogP contribution is 2.45. The standard InChI is InChI=1S/C28H31F6N3O3/c1-5-40-26(39)37-16(2)9-23(22-12-18-7-6-8-19(18)13-24(22)37)36(25(38)35(3)4)15-17-10-20(27(29,30)31)14-21(11-17)28(32,33)34/h10-14,16,23H,5-9,15H2,1-4H3/t16-,23+/m0/s1. The lowest BCUT2D eigenvalue weighted by Gasteiger charge is -2.44. The Hall–Kier alpha value is -3.44. The molecule has 0 aromatic heterocycles. The minimum absolute atomic E-state index is 0.0696. The smallest absolute Gasteiger partial charge is 0.416 e. The average Bonchev–Trinajstić information content (AvgIpc) is 3.31. The zero-order valence-corrected chi connectivity index (χ0v) is 22.6. The molecule has 4 rings (SSSR count). The number of amides is 3. The van der Waals surface area contributed by atoms with E-state index in [1.54, 1.807) is 13.8 Å². The second kappa shape index (κ2) is 10.9. The Morgan fingerprint density at radius 2 is 1.52 bits per heavy atom. The minimum atomic E-state index is -5.01. The molecule has 2 aromatic carbocycles. The number of alkyl halides is 6. The first-order valence-corrected chi connectivity index (χ1v) is 13.0. The number of hydrogen-bond acceptors (Lipinski definition) is 3. The monoisotopic (exact) mass is 571 g/mol. The summed E-state index contributed by atoms with van der Waals surface area (Å²) < 4.78 is 86.7. The maximum atomic E-state index is 13.6. The average molecular weight is 572 g/mol. The van der Waals surface area contributed by atoms with Gasteiger partial charge in [-0.15, -0.1) is 0 Å². The number of ether oxygens (including phenoxy) is 1. The molecule has 40 heavy (non-hydrogen) atoms. The van der Waals surface area contributed by atoms with Gasteiger partial charge in [-0.05, 0) is 86.1 Å². The van der Waals surface area contributed by atoms with Crippen molar-refractivity contribution in [3.05, 3.63) is 63.7 Å². The predicted octanol–water partition coefficient (Wildman–Crippen LogP) is 7.19. The number of nitrogens with zero attached hydrogens (tertiary/aromatic N) is 3. The van der Waals surface area contributed by atoms with Gasteiger partial charge in [-0.25, -0.2) is 9.59 Å². The molecule has 1 aliphatic carbocycles. The highest BCUT2D eigenvalue weighted by atomic mass is 19.4. The normalized spacial score (nSPS) is 18.7. The summed E-state index contributed by atoms with van der Waals surface area (Å²) >= 11 is 0. The van der Waals surface area contributed by atoms with Gasteiger partial charge in [-0.1, -0.05) is 6.07 Å². The van der Waals surface area contributed by atoms with E-state index in [-0.39, 0.29) is 24.7 Å². The van der Waals surface area contributed by atoms with Gasteiger partial charge in [0.2, 0.25) is 0 Å². The van der Waals surface area contributed by atoms with E-state index in [1.807, 2.05) is 12.1 Å². The molecule has 218 valence electrons. The van der Waals surface area contributed by atoms with Crippen LogP contribution in [-0.2, 0) is 36.5 Å². The van der Waals surface area contributed by atoms with Crippen molar-refractivity contribution in [1.82, 2.24) is 9.80 Å². The van der Waals surface area contributed by atoms with E-state index >= 15 is 0 Å². The first-order chi connectivity index (χ1) is 18.6. The minimum Gasteiger partial charge on any atom is -0.449 e. The van der Waals surface area contributed by atoms with Crippen molar-refractivity contribution in [3.8, 4) is 0 Å². The summed E-state index contributed by atoms with van der Waals surface area (Å²) in [5, 5.41) is 0. The van der Waals surface area contributed by atoms with Crippen molar-refractivity contribution >= 4 is 17.8 Å². The fourth-order valence-electron chi connectivity index (χ4n) is 5.54. The van der Waals surface area contributed by atoms with Gasteiger partial charge < -0.3 is 14.5 Å². The van der Waals surface area contributed by atoms with Gasteiger partial charge >= 0.3 is 24.5 Å². The Morgan fingerprint density at radius 3 is 2.05 bits per heavy atom. The van der Waals surface area contributed by atoms with Gasteiger partial charge in [0.25, 0.3) is 0 Å². The summed E-state index contributed by atoms with van der Waals surface area (Å²) in [7, 11) is 2.92. The van der Waals surface area contributed by atoms with Gasteiger partial charge in [-0.3, -0.25) is 4.90 Å². The first kappa shape index (κ1) is 29.5. The summed E-state index contributed by atoms with van der Waals surface area (Å²) in [6.45, 7) is 3.09. The number of hydrogen-bond donors (Lipinski definition) is 0. The van der Waals surface area contributed by atoms with Gasteiger partial charge in [0.1, 0.15) is 0 Å².